The van der Waals surface area contributed by atoms with E-state index in [-0.39, 0.29) is 24.3 Å². The van der Waals surface area contributed by atoms with Crippen LogP contribution in [0.4, 0.5) is 0 Å². The van der Waals surface area contributed by atoms with E-state index >= 15 is 0 Å². The molecule has 1 heterocycles. The predicted octanol–water partition coefficient (Wildman–Crippen LogP) is 2.71. The van der Waals surface area contributed by atoms with Crippen molar-refractivity contribution in [2.24, 2.45) is 5.73 Å². The number of nitrogens with two attached hydrogens (primary N) is 1. The standard InChI is InChI=1S/C19H25N3O2/c1-13-12-17(19(24)21-11-7-10-18(20)23)15(3)22(13)14(2)16-8-5-4-6-9-16/h4-6,8-9,12,14H,7,10-11H2,1-3H3,(H2,20,23)(H,21,24). The zero-order chi connectivity index (χ0) is 17.7. The Bertz CT molecular complexity index is 720. The van der Waals surface area contributed by atoms with Crippen molar-refractivity contribution in [1.29, 1.82) is 0 Å². The van der Waals surface area contributed by atoms with Crippen molar-refractivity contribution in [3.8, 4) is 0 Å². The van der Waals surface area contributed by atoms with Gasteiger partial charge in [0.05, 0.1) is 11.6 Å². The lowest BCUT2D eigenvalue weighted by atomic mass is 10.1. The number of carbonyl (C=O) groups excluding carboxylic acids is 2. The number of benzene rings is 1. The van der Waals surface area contributed by atoms with Gasteiger partial charge in [-0.05, 0) is 38.8 Å². The summed E-state index contributed by atoms with van der Waals surface area (Å²) in [6.45, 7) is 6.55. The Morgan fingerprint density at radius 1 is 1.21 bits per heavy atom. The smallest absolute Gasteiger partial charge is 0.253 e. The first kappa shape index (κ1) is 17.8. The molecule has 0 aliphatic rings. The molecule has 24 heavy (non-hydrogen) atoms. The minimum absolute atomic E-state index is 0.112. The fraction of sp³-hybridized carbons (Fsp3) is 0.368. The highest BCUT2D eigenvalue weighted by Crippen LogP contribution is 2.25. The highest BCUT2D eigenvalue weighted by molar-refractivity contribution is 5.95. The summed E-state index contributed by atoms with van der Waals surface area (Å²) in [5.41, 5.74) is 8.97. The molecule has 0 saturated heterocycles. The van der Waals surface area contributed by atoms with Gasteiger partial charge < -0.3 is 15.6 Å². The fourth-order valence-corrected chi connectivity index (χ4v) is 3.04. The van der Waals surface area contributed by atoms with Gasteiger partial charge in [-0.3, -0.25) is 9.59 Å². The summed E-state index contributed by atoms with van der Waals surface area (Å²) < 4.78 is 2.17. The summed E-state index contributed by atoms with van der Waals surface area (Å²) in [5, 5.41) is 2.85. The summed E-state index contributed by atoms with van der Waals surface area (Å²) in [6, 6.07) is 12.3. The second-order valence-electron chi connectivity index (χ2n) is 6.07. The number of rotatable bonds is 7. The molecule has 128 valence electrons. The minimum Gasteiger partial charge on any atom is -0.370 e. The predicted molar refractivity (Wildman–Crippen MR) is 94.9 cm³/mol. The van der Waals surface area contributed by atoms with Crippen molar-refractivity contribution >= 4 is 11.8 Å². The molecule has 0 saturated carbocycles. The summed E-state index contributed by atoms with van der Waals surface area (Å²) in [5.74, 6) is -0.460. The van der Waals surface area contributed by atoms with Crippen LogP contribution in [0, 0.1) is 13.8 Å². The minimum atomic E-state index is -0.348. The summed E-state index contributed by atoms with van der Waals surface area (Å²) in [4.78, 5) is 23.1. The van der Waals surface area contributed by atoms with Crippen molar-refractivity contribution in [2.45, 2.75) is 39.7 Å². The molecular weight excluding hydrogens is 302 g/mol. The Kier molecular flexibility index (Phi) is 5.79. The number of carbonyl (C=O) groups is 2. The molecule has 0 fully saturated rings. The van der Waals surface area contributed by atoms with Gasteiger partial charge in [-0.15, -0.1) is 0 Å². The maximum absolute atomic E-state index is 12.4. The van der Waals surface area contributed by atoms with Crippen molar-refractivity contribution in [3.63, 3.8) is 0 Å². The molecular formula is C19H25N3O2. The Morgan fingerprint density at radius 2 is 1.88 bits per heavy atom. The number of aryl methyl sites for hydroxylation is 1. The van der Waals surface area contributed by atoms with Crippen LogP contribution in [0.5, 0.6) is 0 Å². The molecule has 2 aromatic rings. The van der Waals surface area contributed by atoms with Gasteiger partial charge in [-0.1, -0.05) is 30.3 Å². The van der Waals surface area contributed by atoms with Crippen molar-refractivity contribution in [2.75, 3.05) is 6.54 Å². The van der Waals surface area contributed by atoms with Gasteiger partial charge in [-0.2, -0.15) is 0 Å². The van der Waals surface area contributed by atoms with E-state index in [4.69, 9.17) is 5.73 Å². The average Bonchev–Trinajstić information content (AvgIpc) is 2.86. The maximum atomic E-state index is 12.4. The Hall–Kier alpha value is -2.56. The van der Waals surface area contributed by atoms with E-state index in [9.17, 15) is 9.59 Å². The second-order valence-corrected chi connectivity index (χ2v) is 6.07. The molecule has 0 radical (unpaired) electrons. The summed E-state index contributed by atoms with van der Waals surface area (Å²) in [7, 11) is 0. The molecule has 3 N–H and O–H groups in total. The van der Waals surface area contributed by atoms with Gasteiger partial charge in [0.1, 0.15) is 0 Å². The van der Waals surface area contributed by atoms with Crippen LogP contribution >= 0.6 is 0 Å². The van der Waals surface area contributed by atoms with Crippen LogP contribution < -0.4 is 11.1 Å². The van der Waals surface area contributed by atoms with Crippen LogP contribution in [-0.4, -0.2) is 22.9 Å². The lowest BCUT2D eigenvalue weighted by molar-refractivity contribution is -0.118. The van der Waals surface area contributed by atoms with Gasteiger partial charge in [0.25, 0.3) is 5.91 Å². The molecule has 0 aliphatic carbocycles. The number of nitrogens with zero attached hydrogens (tertiary/aromatic N) is 1. The van der Waals surface area contributed by atoms with E-state index < -0.39 is 0 Å². The molecule has 2 rings (SSSR count). The molecule has 1 aromatic carbocycles. The summed E-state index contributed by atoms with van der Waals surface area (Å²) in [6.07, 6.45) is 0.838. The van der Waals surface area contributed by atoms with Gasteiger partial charge in [0, 0.05) is 24.4 Å². The third kappa shape index (κ3) is 4.04. The van der Waals surface area contributed by atoms with Gasteiger partial charge in [0.2, 0.25) is 5.91 Å². The van der Waals surface area contributed by atoms with E-state index in [0.717, 1.165) is 11.4 Å². The lowest BCUT2D eigenvalue weighted by Crippen LogP contribution is -2.26. The SMILES string of the molecule is Cc1cc(C(=O)NCCCC(N)=O)c(C)n1C(C)c1ccccc1. The molecule has 2 amide bonds. The molecule has 1 unspecified atom stereocenters. The van der Waals surface area contributed by atoms with Crippen LogP contribution in [0.25, 0.3) is 0 Å². The third-order valence-electron chi connectivity index (χ3n) is 4.28. The van der Waals surface area contributed by atoms with Gasteiger partial charge >= 0.3 is 0 Å². The Balaban J connectivity index is 2.13. The second kappa shape index (κ2) is 7.81. The van der Waals surface area contributed by atoms with Crippen LogP contribution in [0.2, 0.25) is 0 Å². The monoisotopic (exact) mass is 327 g/mol. The molecule has 0 spiro atoms. The van der Waals surface area contributed by atoms with Crippen LogP contribution in [0.1, 0.15) is 53.1 Å². The van der Waals surface area contributed by atoms with E-state index in [0.29, 0.717) is 18.5 Å². The molecule has 0 aliphatic heterocycles. The first-order valence-corrected chi connectivity index (χ1v) is 8.21. The lowest BCUT2D eigenvalue weighted by Gasteiger charge is -2.19. The van der Waals surface area contributed by atoms with Crippen LogP contribution in [0.15, 0.2) is 36.4 Å². The van der Waals surface area contributed by atoms with E-state index in [1.54, 1.807) is 0 Å². The first-order valence-electron chi connectivity index (χ1n) is 8.21. The van der Waals surface area contributed by atoms with Crippen molar-refractivity contribution in [3.05, 3.63) is 58.9 Å². The molecule has 5 heteroatoms. The number of amides is 2. The number of aromatic nitrogens is 1. The number of hydrogen-bond acceptors (Lipinski definition) is 2. The topological polar surface area (TPSA) is 77.1 Å². The largest absolute Gasteiger partial charge is 0.370 e. The van der Waals surface area contributed by atoms with Crippen LogP contribution in [0.3, 0.4) is 0 Å². The van der Waals surface area contributed by atoms with Gasteiger partial charge in [0.15, 0.2) is 0 Å². The zero-order valence-corrected chi connectivity index (χ0v) is 14.5. The molecule has 1 aromatic heterocycles. The Labute approximate surface area is 142 Å². The highest BCUT2D eigenvalue weighted by Gasteiger charge is 2.19. The van der Waals surface area contributed by atoms with E-state index in [1.165, 1.54) is 5.56 Å². The zero-order valence-electron chi connectivity index (χ0n) is 14.5. The summed E-state index contributed by atoms with van der Waals surface area (Å²) >= 11 is 0. The molecule has 1 atom stereocenters. The van der Waals surface area contributed by atoms with Crippen molar-refractivity contribution < 1.29 is 9.59 Å². The van der Waals surface area contributed by atoms with Gasteiger partial charge in [-0.25, -0.2) is 0 Å². The van der Waals surface area contributed by atoms with E-state index in [1.807, 2.05) is 38.1 Å². The van der Waals surface area contributed by atoms with Crippen LogP contribution in [-0.2, 0) is 4.79 Å². The maximum Gasteiger partial charge on any atom is 0.253 e. The number of primary amides is 1. The molecule has 0 bridgehead atoms. The molecule has 5 nitrogen and oxygen atoms in total. The first-order chi connectivity index (χ1) is 11.4. The highest BCUT2D eigenvalue weighted by atomic mass is 16.2. The van der Waals surface area contributed by atoms with Crippen molar-refractivity contribution in [1.82, 2.24) is 9.88 Å². The normalized spacial score (nSPS) is 12.0. The number of hydrogen-bond donors (Lipinski definition) is 2. The quantitative estimate of drug-likeness (QED) is 0.767. The fourth-order valence-electron chi connectivity index (χ4n) is 3.04. The average molecular weight is 327 g/mol. The third-order valence-corrected chi connectivity index (χ3v) is 4.28. The van der Waals surface area contributed by atoms with E-state index in [2.05, 4.69) is 28.9 Å². The Morgan fingerprint density at radius 3 is 2.50 bits per heavy atom. The number of nitrogens with one attached hydrogen (secondary N) is 1.